The van der Waals surface area contributed by atoms with E-state index in [2.05, 4.69) is 18.7 Å². The molecule has 1 aliphatic rings. The van der Waals surface area contributed by atoms with E-state index in [1.165, 1.54) is 6.42 Å². The summed E-state index contributed by atoms with van der Waals surface area (Å²) in [6.07, 6.45) is 1.25. The molecule has 1 saturated heterocycles. The highest BCUT2D eigenvalue weighted by Gasteiger charge is 2.29. The third kappa shape index (κ3) is 3.22. The van der Waals surface area contributed by atoms with Crippen molar-refractivity contribution in [2.24, 2.45) is 11.1 Å². The molecule has 0 amide bonds. The first kappa shape index (κ1) is 13.8. The van der Waals surface area contributed by atoms with Crippen LogP contribution in [0.1, 0.15) is 31.4 Å². The maximum atomic E-state index is 6.28. The standard InChI is InChI=1S/C14H19ClN2S/c1-14(2)5-6-17(9-14)8-11-4-3-10(13(16)18)7-12(11)15/h3-4,7H,5-6,8-9H2,1-2H3,(H2,16,18). The maximum absolute atomic E-state index is 6.28. The summed E-state index contributed by atoms with van der Waals surface area (Å²) >= 11 is 11.2. The van der Waals surface area contributed by atoms with Crippen molar-refractivity contribution in [1.29, 1.82) is 0 Å². The molecule has 0 spiro atoms. The van der Waals surface area contributed by atoms with Crippen LogP contribution >= 0.6 is 23.8 Å². The Labute approximate surface area is 119 Å². The van der Waals surface area contributed by atoms with Crippen LogP contribution in [-0.4, -0.2) is 23.0 Å². The topological polar surface area (TPSA) is 29.3 Å². The van der Waals surface area contributed by atoms with Gasteiger partial charge in [0.25, 0.3) is 0 Å². The van der Waals surface area contributed by atoms with Gasteiger partial charge in [-0.25, -0.2) is 0 Å². The number of halogens is 1. The highest BCUT2D eigenvalue weighted by atomic mass is 35.5. The Balaban J connectivity index is 2.09. The summed E-state index contributed by atoms with van der Waals surface area (Å²) in [6.45, 7) is 7.79. The molecule has 1 aromatic carbocycles. The van der Waals surface area contributed by atoms with Gasteiger partial charge in [-0.1, -0.05) is 49.8 Å². The summed E-state index contributed by atoms with van der Waals surface area (Å²) in [5, 5.41) is 0.755. The minimum atomic E-state index is 0.394. The van der Waals surface area contributed by atoms with Crippen molar-refractivity contribution >= 4 is 28.8 Å². The van der Waals surface area contributed by atoms with E-state index in [0.29, 0.717) is 10.4 Å². The second-order valence-corrected chi connectivity index (χ2v) is 6.64. The third-order valence-corrected chi connectivity index (χ3v) is 4.08. The van der Waals surface area contributed by atoms with Gasteiger partial charge in [-0.3, -0.25) is 4.90 Å². The van der Waals surface area contributed by atoms with Gasteiger partial charge in [0, 0.05) is 23.7 Å². The highest BCUT2D eigenvalue weighted by Crippen LogP contribution is 2.30. The molecule has 1 heterocycles. The van der Waals surface area contributed by atoms with Crippen molar-refractivity contribution < 1.29 is 0 Å². The molecule has 2 N–H and O–H groups in total. The molecule has 18 heavy (non-hydrogen) atoms. The van der Waals surface area contributed by atoms with Crippen LogP contribution in [0.3, 0.4) is 0 Å². The van der Waals surface area contributed by atoms with Crippen LogP contribution in [0.5, 0.6) is 0 Å². The van der Waals surface area contributed by atoms with Crippen LogP contribution in [0.15, 0.2) is 18.2 Å². The zero-order valence-electron chi connectivity index (χ0n) is 10.9. The van der Waals surface area contributed by atoms with Gasteiger partial charge in [0.1, 0.15) is 4.99 Å². The van der Waals surface area contributed by atoms with Gasteiger partial charge in [0.2, 0.25) is 0 Å². The maximum Gasteiger partial charge on any atom is 0.104 e. The molecule has 0 saturated carbocycles. The van der Waals surface area contributed by atoms with Crippen molar-refractivity contribution in [1.82, 2.24) is 4.90 Å². The number of nitrogens with two attached hydrogens (primary N) is 1. The van der Waals surface area contributed by atoms with Gasteiger partial charge in [-0.05, 0) is 30.0 Å². The first-order valence-electron chi connectivity index (χ1n) is 6.18. The van der Waals surface area contributed by atoms with Crippen LogP contribution in [0, 0.1) is 5.41 Å². The minimum Gasteiger partial charge on any atom is -0.389 e. The Bertz CT molecular complexity index is 471. The highest BCUT2D eigenvalue weighted by molar-refractivity contribution is 7.80. The minimum absolute atomic E-state index is 0.394. The zero-order chi connectivity index (χ0) is 13.3. The van der Waals surface area contributed by atoms with Crippen molar-refractivity contribution in [3.05, 3.63) is 34.3 Å². The van der Waals surface area contributed by atoms with E-state index < -0.39 is 0 Å². The molecular weight excluding hydrogens is 264 g/mol. The van der Waals surface area contributed by atoms with Crippen LogP contribution in [0.25, 0.3) is 0 Å². The molecule has 2 nitrogen and oxygen atoms in total. The van der Waals surface area contributed by atoms with Gasteiger partial charge in [0.05, 0.1) is 0 Å². The quantitative estimate of drug-likeness (QED) is 0.864. The number of nitrogens with zero attached hydrogens (tertiary/aromatic N) is 1. The smallest absolute Gasteiger partial charge is 0.104 e. The lowest BCUT2D eigenvalue weighted by Crippen LogP contribution is -2.23. The van der Waals surface area contributed by atoms with Crippen molar-refractivity contribution in [2.45, 2.75) is 26.8 Å². The van der Waals surface area contributed by atoms with Gasteiger partial charge in [-0.15, -0.1) is 0 Å². The first-order chi connectivity index (χ1) is 8.37. The molecule has 0 unspecified atom stereocenters. The molecule has 0 aliphatic carbocycles. The number of rotatable bonds is 3. The predicted octanol–water partition coefficient (Wildman–Crippen LogP) is 3.21. The van der Waals surface area contributed by atoms with E-state index in [4.69, 9.17) is 29.6 Å². The summed E-state index contributed by atoms with van der Waals surface area (Å²) in [5.41, 5.74) is 8.00. The first-order valence-corrected chi connectivity index (χ1v) is 6.97. The van der Waals surface area contributed by atoms with E-state index in [1.54, 1.807) is 0 Å². The Hall–Kier alpha value is -0.640. The lowest BCUT2D eigenvalue weighted by Gasteiger charge is -2.20. The van der Waals surface area contributed by atoms with Gasteiger partial charge < -0.3 is 5.73 Å². The number of thiocarbonyl (C=S) groups is 1. The number of benzene rings is 1. The van der Waals surface area contributed by atoms with E-state index in [-0.39, 0.29) is 0 Å². The van der Waals surface area contributed by atoms with E-state index in [0.717, 1.165) is 35.8 Å². The molecule has 0 bridgehead atoms. The lowest BCUT2D eigenvalue weighted by molar-refractivity contribution is 0.284. The monoisotopic (exact) mass is 282 g/mol. The van der Waals surface area contributed by atoms with Gasteiger partial charge in [0.15, 0.2) is 0 Å². The molecule has 1 fully saturated rings. The summed E-state index contributed by atoms with van der Waals surface area (Å²) < 4.78 is 0. The molecule has 0 aromatic heterocycles. The van der Waals surface area contributed by atoms with Crippen LogP contribution in [0.4, 0.5) is 0 Å². The summed E-state index contributed by atoms with van der Waals surface area (Å²) in [5.74, 6) is 0. The van der Waals surface area contributed by atoms with Crippen molar-refractivity contribution in [2.75, 3.05) is 13.1 Å². The molecule has 1 aromatic rings. The molecule has 98 valence electrons. The summed E-state index contributed by atoms with van der Waals surface area (Å²) in [4.78, 5) is 2.84. The normalized spacial score (nSPS) is 19.1. The van der Waals surface area contributed by atoms with Crippen LogP contribution in [0.2, 0.25) is 5.02 Å². The average molecular weight is 283 g/mol. The molecule has 0 atom stereocenters. The van der Waals surface area contributed by atoms with E-state index in [9.17, 15) is 0 Å². The SMILES string of the molecule is CC1(C)CCN(Cc2ccc(C(N)=S)cc2Cl)C1. The molecule has 1 aliphatic heterocycles. The zero-order valence-corrected chi connectivity index (χ0v) is 12.4. The Morgan fingerprint density at radius 1 is 1.50 bits per heavy atom. The molecule has 4 heteroatoms. The fraction of sp³-hybridized carbons (Fsp3) is 0.500. The predicted molar refractivity (Wildman–Crippen MR) is 81.0 cm³/mol. The average Bonchev–Trinajstić information content (AvgIpc) is 2.61. The Kier molecular flexibility index (Phi) is 3.95. The number of hydrogen-bond donors (Lipinski definition) is 1. The third-order valence-electron chi connectivity index (χ3n) is 3.49. The summed E-state index contributed by atoms with van der Waals surface area (Å²) in [7, 11) is 0. The van der Waals surface area contributed by atoms with E-state index in [1.807, 2.05) is 18.2 Å². The Morgan fingerprint density at radius 3 is 2.72 bits per heavy atom. The number of likely N-dealkylation sites (tertiary alicyclic amines) is 1. The van der Waals surface area contributed by atoms with Crippen LogP contribution in [-0.2, 0) is 6.54 Å². The fourth-order valence-corrected chi connectivity index (χ4v) is 2.80. The van der Waals surface area contributed by atoms with E-state index >= 15 is 0 Å². The Morgan fingerprint density at radius 2 is 2.22 bits per heavy atom. The lowest BCUT2D eigenvalue weighted by atomic mass is 9.93. The second-order valence-electron chi connectivity index (χ2n) is 5.80. The number of hydrogen-bond acceptors (Lipinski definition) is 2. The van der Waals surface area contributed by atoms with Crippen molar-refractivity contribution in [3.8, 4) is 0 Å². The second kappa shape index (κ2) is 5.16. The van der Waals surface area contributed by atoms with Gasteiger partial charge in [-0.2, -0.15) is 0 Å². The van der Waals surface area contributed by atoms with Crippen molar-refractivity contribution in [3.63, 3.8) is 0 Å². The molecule has 2 rings (SSSR count). The molecular formula is C14H19ClN2S. The molecule has 0 radical (unpaired) electrons. The van der Waals surface area contributed by atoms with Crippen LogP contribution < -0.4 is 5.73 Å². The fourth-order valence-electron chi connectivity index (χ4n) is 2.43. The van der Waals surface area contributed by atoms with Gasteiger partial charge >= 0.3 is 0 Å². The largest absolute Gasteiger partial charge is 0.389 e. The summed E-state index contributed by atoms with van der Waals surface area (Å²) in [6, 6.07) is 5.84.